The lowest BCUT2D eigenvalue weighted by atomic mass is 10.1. The first-order valence-corrected chi connectivity index (χ1v) is 8.28. The van der Waals surface area contributed by atoms with E-state index in [1.54, 1.807) is 6.20 Å². The maximum absolute atomic E-state index is 6.31. The number of aromatic nitrogens is 2. The number of benzene rings is 1. The number of hydrogen-bond donors (Lipinski definition) is 1. The van der Waals surface area contributed by atoms with Crippen molar-refractivity contribution in [3.63, 3.8) is 0 Å². The number of nitrogens with zero attached hydrogens (tertiary/aromatic N) is 3. The van der Waals surface area contributed by atoms with E-state index in [2.05, 4.69) is 32.3 Å². The maximum Gasteiger partial charge on any atom is 0.215 e. The largest absolute Gasteiger partial charge is 0.454 e. The second kappa shape index (κ2) is 6.95. The molecule has 0 bridgehead atoms. The lowest BCUT2D eigenvalue weighted by Crippen LogP contribution is -2.46. The first kappa shape index (κ1) is 15.1. The Labute approximate surface area is 141 Å². The standard InChI is InChI=1S/C19H20N4O/c1-2-6-17-15(5-1)16(8-10-21-17)19(23-13-11-20-12-14-23)24-18-7-3-4-9-22-18/h1-10,19-20H,11-14H2. The Morgan fingerprint density at radius 1 is 0.917 bits per heavy atom. The molecule has 5 heteroatoms. The third-order valence-electron chi connectivity index (χ3n) is 4.30. The quantitative estimate of drug-likeness (QED) is 0.801. The van der Waals surface area contributed by atoms with E-state index in [1.165, 1.54) is 0 Å². The Hall–Kier alpha value is -2.50. The van der Waals surface area contributed by atoms with Gasteiger partial charge in [-0.15, -0.1) is 0 Å². The van der Waals surface area contributed by atoms with E-state index >= 15 is 0 Å². The second-order valence-electron chi connectivity index (χ2n) is 5.84. The van der Waals surface area contributed by atoms with Gasteiger partial charge in [-0.25, -0.2) is 4.98 Å². The second-order valence-corrected chi connectivity index (χ2v) is 5.84. The zero-order chi connectivity index (χ0) is 16.2. The van der Waals surface area contributed by atoms with Crippen molar-refractivity contribution < 1.29 is 4.74 Å². The molecular weight excluding hydrogens is 300 g/mol. The summed E-state index contributed by atoms with van der Waals surface area (Å²) >= 11 is 0. The molecule has 3 aromatic rings. The van der Waals surface area contributed by atoms with Crippen molar-refractivity contribution in [1.82, 2.24) is 20.2 Å². The Morgan fingerprint density at radius 2 is 1.75 bits per heavy atom. The molecule has 3 heterocycles. The number of nitrogens with one attached hydrogen (secondary N) is 1. The first-order valence-electron chi connectivity index (χ1n) is 8.28. The van der Waals surface area contributed by atoms with Gasteiger partial charge >= 0.3 is 0 Å². The van der Waals surface area contributed by atoms with Gasteiger partial charge < -0.3 is 10.1 Å². The average Bonchev–Trinajstić information content (AvgIpc) is 2.67. The van der Waals surface area contributed by atoms with E-state index in [1.807, 2.05) is 42.6 Å². The van der Waals surface area contributed by atoms with Gasteiger partial charge in [-0.05, 0) is 18.2 Å². The highest BCUT2D eigenvalue weighted by atomic mass is 16.5. The fraction of sp³-hybridized carbons (Fsp3) is 0.263. The van der Waals surface area contributed by atoms with Crippen LogP contribution in [0.5, 0.6) is 5.88 Å². The molecule has 1 aliphatic heterocycles. The average molecular weight is 320 g/mol. The van der Waals surface area contributed by atoms with Crippen LogP contribution in [0.4, 0.5) is 0 Å². The molecule has 1 unspecified atom stereocenters. The third kappa shape index (κ3) is 3.09. The minimum atomic E-state index is -0.171. The Kier molecular flexibility index (Phi) is 4.36. The van der Waals surface area contributed by atoms with Crippen LogP contribution in [-0.2, 0) is 0 Å². The predicted molar refractivity (Wildman–Crippen MR) is 93.8 cm³/mol. The van der Waals surface area contributed by atoms with Crippen LogP contribution in [0.1, 0.15) is 11.8 Å². The van der Waals surface area contributed by atoms with Gasteiger partial charge in [0, 0.05) is 55.6 Å². The van der Waals surface area contributed by atoms with Crippen molar-refractivity contribution >= 4 is 10.9 Å². The summed E-state index contributed by atoms with van der Waals surface area (Å²) in [4.78, 5) is 11.2. The molecule has 24 heavy (non-hydrogen) atoms. The molecule has 1 aliphatic rings. The smallest absolute Gasteiger partial charge is 0.215 e. The van der Waals surface area contributed by atoms with Gasteiger partial charge in [-0.2, -0.15) is 0 Å². The molecule has 0 saturated carbocycles. The SMILES string of the molecule is c1ccc(OC(c2ccnc3ccccc23)N2CCNCC2)nc1. The number of rotatable bonds is 4. The molecule has 2 aromatic heterocycles. The Morgan fingerprint density at radius 3 is 2.58 bits per heavy atom. The zero-order valence-electron chi connectivity index (χ0n) is 13.4. The van der Waals surface area contributed by atoms with Gasteiger partial charge in [0.05, 0.1) is 5.52 Å². The van der Waals surface area contributed by atoms with Gasteiger partial charge in [0.1, 0.15) is 0 Å². The van der Waals surface area contributed by atoms with Crippen molar-refractivity contribution in [3.8, 4) is 5.88 Å². The number of hydrogen-bond acceptors (Lipinski definition) is 5. The molecule has 1 fully saturated rings. The normalized spacial score (nSPS) is 16.8. The predicted octanol–water partition coefficient (Wildman–Crippen LogP) is 2.61. The molecule has 1 aromatic carbocycles. The summed E-state index contributed by atoms with van der Waals surface area (Å²) in [5.41, 5.74) is 2.12. The molecule has 4 rings (SSSR count). The Balaban J connectivity index is 1.76. The number of piperazine rings is 1. The van der Waals surface area contributed by atoms with Crippen molar-refractivity contribution in [2.45, 2.75) is 6.23 Å². The van der Waals surface area contributed by atoms with Crippen molar-refractivity contribution in [1.29, 1.82) is 0 Å². The van der Waals surface area contributed by atoms with Crippen LogP contribution in [0, 0.1) is 0 Å². The van der Waals surface area contributed by atoms with Crippen molar-refractivity contribution in [2.24, 2.45) is 0 Å². The minimum absolute atomic E-state index is 0.171. The molecule has 122 valence electrons. The summed E-state index contributed by atoms with van der Waals surface area (Å²) in [6.45, 7) is 3.80. The van der Waals surface area contributed by atoms with Gasteiger partial charge in [-0.1, -0.05) is 24.3 Å². The monoisotopic (exact) mass is 320 g/mol. The van der Waals surface area contributed by atoms with Crippen LogP contribution in [0.15, 0.2) is 60.9 Å². The van der Waals surface area contributed by atoms with Crippen LogP contribution >= 0.6 is 0 Å². The fourth-order valence-corrected chi connectivity index (χ4v) is 3.12. The van der Waals surface area contributed by atoms with Crippen molar-refractivity contribution in [3.05, 3.63) is 66.5 Å². The molecule has 0 radical (unpaired) electrons. The van der Waals surface area contributed by atoms with Gasteiger partial charge in [0.2, 0.25) is 5.88 Å². The highest BCUT2D eigenvalue weighted by molar-refractivity contribution is 5.82. The maximum atomic E-state index is 6.31. The van der Waals surface area contributed by atoms with Gasteiger partial charge in [0.25, 0.3) is 0 Å². The topological polar surface area (TPSA) is 50.3 Å². The molecule has 5 nitrogen and oxygen atoms in total. The van der Waals surface area contributed by atoms with Crippen LogP contribution < -0.4 is 10.1 Å². The first-order chi connectivity index (χ1) is 11.9. The van der Waals surface area contributed by atoms with Crippen LogP contribution in [0.2, 0.25) is 0 Å². The zero-order valence-corrected chi connectivity index (χ0v) is 13.4. The van der Waals surface area contributed by atoms with Crippen LogP contribution in [-0.4, -0.2) is 41.0 Å². The lowest BCUT2D eigenvalue weighted by Gasteiger charge is -2.35. The number of para-hydroxylation sites is 1. The van der Waals surface area contributed by atoms with E-state index in [9.17, 15) is 0 Å². The van der Waals surface area contributed by atoms with Crippen molar-refractivity contribution in [2.75, 3.05) is 26.2 Å². The Bertz CT molecular complexity index is 797. The highest BCUT2D eigenvalue weighted by Crippen LogP contribution is 2.29. The number of pyridine rings is 2. The third-order valence-corrected chi connectivity index (χ3v) is 4.30. The number of ether oxygens (including phenoxy) is 1. The summed E-state index contributed by atoms with van der Waals surface area (Å²) in [6.07, 6.45) is 3.44. The summed E-state index contributed by atoms with van der Waals surface area (Å²) in [5, 5.41) is 4.52. The molecule has 1 atom stereocenters. The summed E-state index contributed by atoms with van der Waals surface area (Å²) in [6, 6.07) is 16.0. The fourth-order valence-electron chi connectivity index (χ4n) is 3.12. The molecule has 0 amide bonds. The van der Waals surface area contributed by atoms with Gasteiger partial charge in [-0.3, -0.25) is 9.88 Å². The summed E-state index contributed by atoms with van der Waals surface area (Å²) < 4.78 is 6.31. The van der Waals surface area contributed by atoms with Crippen LogP contribution in [0.25, 0.3) is 10.9 Å². The van der Waals surface area contributed by atoms with Gasteiger partial charge in [0.15, 0.2) is 6.23 Å². The van der Waals surface area contributed by atoms with E-state index in [-0.39, 0.29) is 6.23 Å². The van der Waals surface area contributed by atoms with E-state index in [0.717, 1.165) is 42.6 Å². The lowest BCUT2D eigenvalue weighted by molar-refractivity contribution is 0.0130. The summed E-state index contributed by atoms with van der Waals surface area (Å²) in [7, 11) is 0. The molecule has 0 spiro atoms. The summed E-state index contributed by atoms with van der Waals surface area (Å²) in [5.74, 6) is 0.641. The minimum Gasteiger partial charge on any atom is -0.454 e. The molecule has 1 N–H and O–H groups in total. The molecule has 0 aliphatic carbocycles. The van der Waals surface area contributed by atoms with E-state index < -0.39 is 0 Å². The van der Waals surface area contributed by atoms with E-state index in [4.69, 9.17) is 4.74 Å². The van der Waals surface area contributed by atoms with E-state index in [0.29, 0.717) is 5.88 Å². The highest BCUT2D eigenvalue weighted by Gasteiger charge is 2.26. The van der Waals surface area contributed by atoms with Crippen LogP contribution in [0.3, 0.4) is 0 Å². The number of fused-ring (bicyclic) bond motifs is 1. The molecule has 1 saturated heterocycles. The molecular formula is C19H20N4O.